The Morgan fingerprint density at radius 2 is 0.914 bits per heavy atom. The largest absolute Gasteiger partial charge is 0.264 e. The third-order valence-corrected chi connectivity index (χ3v) is 12.6. The lowest BCUT2D eigenvalue weighted by atomic mass is 9.67. The smallest absolute Gasteiger partial charge is 0.160 e. The molecule has 2 heterocycles. The maximum Gasteiger partial charge on any atom is 0.160 e. The lowest BCUT2D eigenvalue weighted by Gasteiger charge is -2.36. The van der Waals surface area contributed by atoms with E-state index in [-0.39, 0.29) is 5.41 Å². The van der Waals surface area contributed by atoms with Gasteiger partial charge in [0, 0.05) is 34.5 Å². The standard InChI is InChI=1S/C55H41N3/c1-3-12-41(13-4-1)54-57-52(39-23-19-37(20-24-39)43-14-11-33-56-36-43)35-53(58-54)40-25-21-38(22-26-40)44-29-30-45(47-16-6-5-15-46(44)47)42-27-28-49-48-17-7-8-18-50(48)55(51(49)34-42)31-9-2-10-32-55/h1,3-8,11-30,33-36H,2,9-10,31-32H2. The Bertz CT molecular complexity index is 2940. The third kappa shape index (κ3) is 5.85. The molecule has 0 saturated heterocycles. The van der Waals surface area contributed by atoms with Gasteiger partial charge in [0.1, 0.15) is 0 Å². The first-order chi connectivity index (χ1) is 28.7. The molecule has 0 bridgehead atoms. The van der Waals surface area contributed by atoms with Crippen LogP contribution < -0.4 is 0 Å². The van der Waals surface area contributed by atoms with Crippen LogP contribution in [-0.4, -0.2) is 15.0 Å². The molecule has 0 unspecified atom stereocenters. The van der Waals surface area contributed by atoms with Crippen molar-refractivity contribution in [1.82, 2.24) is 15.0 Å². The SMILES string of the molecule is c1ccc(-c2nc(-c3ccc(-c4cccnc4)cc3)cc(-c3ccc(-c4ccc(-c5ccc6c(c5)C5(CCCCC5)c5ccccc5-6)c5ccccc45)cc3)n2)cc1. The van der Waals surface area contributed by atoms with E-state index in [1.165, 1.54) is 87.4 Å². The van der Waals surface area contributed by atoms with Crippen LogP contribution >= 0.6 is 0 Å². The van der Waals surface area contributed by atoms with E-state index in [1.54, 1.807) is 6.20 Å². The summed E-state index contributed by atoms with van der Waals surface area (Å²) in [6.45, 7) is 0. The van der Waals surface area contributed by atoms with Crippen LogP contribution in [0.4, 0.5) is 0 Å². The average molecular weight is 744 g/mol. The van der Waals surface area contributed by atoms with Crippen LogP contribution in [0.2, 0.25) is 0 Å². The molecule has 3 nitrogen and oxygen atoms in total. The van der Waals surface area contributed by atoms with Crippen molar-refractivity contribution in [2.45, 2.75) is 37.5 Å². The molecule has 7 aromatic carbocycles. The van der Waals surface area contributed by atoms with E-state index < -0.39 is 0 Å². The molecule has 58 heavy (non-hydrogen) atoms. The quantitative estimate of drug-likeness (QED) is 0.170. The van der Waals surface area contributed by atoms with E-state index in [4.69, 9.17) is 9.97 Å². The third-order valence-electron chi connectivity index (χ3n) is 12.6. The first-order valence-corrected chi connectivity index (χ1v) is 20.5. The normalized spacial score (nSPS) is 14.0. The molecule has 0 radical (unpaired) electrons. The van der Waals surface area contributed by atoms with Crippen LogP contribution in [0.25, 0.3) is 89.2 Å². The average Bonchev–Trinajstić information content (AvgIpc) is 3.57. The van der Waals surface area contributed by atoms with Crippen LogP contribution in [0, 0.1) is 0 Å². The van der Waals surface area contributed by atoms with Crippen molar-refractivity contribution in [3.8, 4) is 78.4 Å². The van der Waals surface area contributed by atoms with E-state index in [0.29, 0.717) is 5.82 Å². The van der Waals surface area contributed by atoms with Crippen molar-refractivity contribution in [3.63, 3.8) is 0 Å². The summed E-state index contributed by atoms with van der Waals surface area (Å²) in [5.74, 6) is 0.708. The molecule has 2 aliphatic rings. The Balaban J connectivity index is 0.955. The first-order valence-electron chi connectivity index (χ1n) is 20.5. The monoisotopic (exact) mass is 743 g/mol. The molecular formula is C55H41N3. The summed E-state index contributed by atoms with van der Waals surface area (Å²) in [6.07, 6.45) is 10.1. The Morgan fingerprint density at radius 3 is 1.60 bits per heavy atom. The summed E-state index contributed by atoms with van der Waals surface area (Å²) < 4.78 is 0. The fraction of sp³-hybridized carbons (Fsp3) is 0.109. The van der Waals surface area contributed by atoms with Gasteiger partial charge >= 0.3 is 0 Å². The van der Waals surface area contributed by atoms with Crippen molar-refractivity contribution >= 4 is 10.8 Å². The Morgan fingerprint density at radius 1 is 0.362 bits per heavy atom. The molecule has 1 spiro atoms. The number of pyridine rings is 1. The zero-order valence-electron chi connectivity index (χ0n) is 32.3. The number of aromatic nitrogens is 3. The number of hydrogen-bond acceptors (Lipinski definition) is 3. The molecular weight excluding hydrogens is 703 g/mol. The highest BCUT2D eigenvalue weighted by molar-refractivity contribution is 6.05. The Hall–Kier alpha value is -6.97. The number of fused-ring (bicyclic) bond motifs is 6. The lowest BCUT2D eigenvalue weighted by Crippen LogP contribution is -2.28. The van der Waals surface area contributed by atoms with E-state index in [9.17, 15) is 0 Å². The Kier molecular flexibility index (Phi) is 8.40. The second-order valence-corrected chi connectivity index (χ2v) is 15.9. The molecule has 9 aromatic rings. The minimum absolute atomic E-state index is 0.134. The fourth-order valence-electron chi connectivity index (χ4n) is 9.77. The summed E-state index contributed by atoms with van der Waals surface area (Å²) in [5, 5.41) is 2.54. The highest BCUT2D eigenvalue weighted by atomic mass is 14.9. The molecule has 2 aliphatic carbocycles. The van der Waals surface area contributed by atoms with Gasteiger partial charge in [-0.05, 0) is 97.4 Å². The highest BCUT2D eigenvalue weighted by Gasteiger charge is 2.43. The molecule has 1 saturated carbocycles. The minimum atomic E-state index is 0.134. The van der Waals surface area contributed by atoms with Gasteiger partial charge in [-0.2, -0.15) is 0 Å². The second kappa shape index (κ2) is 14.2. The zero-order valence-corrected chi connectivity index (χ0v) is 32.3. The maximum absolute atomic E-state index is 5.11. The van der Waals surface area contributed by atoms with Gasteiger partial charge in [-0.15, -0.1) is 0 Å². The van der Waals surface area contributed by atoms with Crippen LogP contribution in [0.15, 0.2) is 188 Å². The van der Waals surface area contributed by atoms with Crippen LogP contribution in [-0.2, 0) is 5.41 Å². The predicted octanol–water partition coefficient (Wildman–Crippen LogP) is 14.3. The van der Waals surface area contributed by atoms with Gasteiger partial charge in [0.2, 0.25) is 0 Å². The summed E-state index contributed by atoms with van der Waals surface area (Å²) in [6, 6.07) is 63.8. The number of rotatable bonds is 6. The fourth-order valence-corrected chi connectivity index (χ4v) is 9.77. The number of hydrogen-bond donors (Lipinski definition) is 0. The number of benzene rings is 7. The molecule has 0 amide bonds. The van der Waals surface area contributed by atoms with Crippen molar-refractivity contribution in [3.05, 3.63) is 199 Å². The molecule has 0 atom stereocenters. The molecule has 1 fully saturated rings. The summed E-state index contributed by atoms with van der Waals surface area (Å²) in [4.78, 5) is 14.5. The molecule has 11 rings (SSSR count). The van der Waals surface area contributed by atoms with Gasteiger partial charge in [0.05, 0.1) is 11.4 Å². The van der Waals surface area contributed by atoms with Crippen LogP contribution in [0.1, 0.15) is 43.2 Å². The second-order valence-electron chi connectivity index (χ2n) is 15.9. The maximum atomic E-state index is 5.11. The van der Waals surface area contributed by atoms with Gasteiger partial charge in [-0.1, -0.05) is 177 Å². The van der Waals surface area contributed by atoms with Gasteiger partial charge < -0.3 is 0 Å². The molecule has 3 heteroatoms. The van der Waals surface area contributed by atoms with E-state index >= 15 is 0 Å². The minimum Gasteiger partial charge on any atom is -0.264 e. The van der Waals surface area contributed by atoms with Crippen LogP contribution in [0.3, 0.4) is 0 Å². The van der Waals surface area contributed by atoms with Crippen LogP contribution in [0.5, 0.6) is 0 Å². The van der Waals surface area contributed by atoms with Crippen molar-refractivity contribution in [2.75, 3.05) is 0 Å². The predicted molar refractivity (Wildman–Crippen MR) is 239 cm³/mol. The van der Waals surface area contributed by atoms with E-state index in [2.05, 4.69) is 157 Å². The first kappa shape index (κ1) is 34.3. The topological polar surface area (TPSA) is 38.7 Å². The summed E-state index contributed by atoms with van der Waals surface area (Å²) >= 11 is 0. The zero-order chi connectivity index (χ0) is 38.5. The van der Waals surface area contributed by atoms with Gasteiger partial charge in [-0.3, -0.25) is 4.98 Å². The molecule has 2 aromatic heterocycles. The molecule has 276 valence electrons. The van der Waals surface area contributed by atoms with Gasteiger partial charge in [0.15, 0.2) is 5.82 Å². The summed E-state index contributed by atoms with van der Waals surface area (Å²) in [5.41, 5.74) is 18.1. The van der Waals surface area contributed by atoms with E-state index in [0.717, 1.165) is 39.2 Å². The highest BCUT2D eigenvalue weighted by Crippen LogP contribution is 2.56. The van der Waals surface area contributed by atoms with Gasteiger partial charge in [-0.25, -0.2) is 9.97 Å². The van der Waals surface area contributed by atoms with Crippen molar-refractivity contribution < 1.29 is 0 Å². The summed E-state index contributed by atoms with van der Waals surface area (Å²) in [7, 11) is 0. The van der Waals surface area contributed by atoms with E-state index in [1.807, 2.05) is 30.5 Å². The molecule has 0 aliphatic heterocycles. The van der Waals surface area contributed by atoms with Crippen molar-refractivity contribution in [1.29, 1.82) is 0 Å². The van der Waals surface area contributed by atoms with Crippen molar-refractivity contribution in [2.24, 2.45) is 0 Å². The van der Waals surface area contributed by atoms with Gasteiger partial charge in [0.25, 0.3) is 0 Å². The lowest BCUT2D eigenvalue weighted by molar-refractivity contribution is 0.353. The Labute approximate surface area is 339 Å². The molecule has 0 N–H and O–H groups in total. The number of nitrogens with zero attached hydrogens (tertiary/aromatic N) is 3.